The van der Waals surface area contributed by atoms with E-state index in [1.807, 2.05) is 25.1 Å². The van der Waals surface area contributed by atoms with E-state index in [1.54, 1.807) is 6.07 Å². The van der Waals surface area contributed by atoms with Gasteiger partial charge in [0.2, 0.25) is 0 Å². The molecule has 1 unspecified atom stereocenters. The van der Waals surface area contributed by atoms with Gasteiger partial charge in [0.1, 0.15) is 0 Å². The number of nitrogens with two attached hydrogens (primary N) is 1. The summed E-state index contributed by atoms with van der Waals surface area (Å²) in [5.74, 6) is 0.304. The number of hydrogen-bond donors (Lipinski definition) is 3. The van der Waals surface area contributed by atoms with Gasteiger partial charge >= 0.3 is 0 Å². The third kappa shape index (κ3) is 3.57. The predicted molar refractivity (Wildman–Crippen MR) is 81.9 cm³/mol. The standard InChI is InChI=1S/C12H17N3O2S2/c1-12(6-7-19(16,17)8-12)15-11(18)14-10-5-3-2-4-9(10)13/h2-5H,6-8,13H2,1H3,(H2,14,15,18). The lowest BCUT2D eigenvalue weighted by atomic mass is 10.0. The van der Waals surface area contributed by atoms with Crippen LogP contribution in [-0.2, 0) is 9.84 Å². The van der Waals surface area contributed by atoms with Gasteiger partial charge in [-0.05, 0) is 37.7 Å². The Bertz CT molecular complexity index is 601. The van der Waals surface area contributed by atoms with E-state index in [1.165, 1.54) is 0 Å². The average Bonchev–Trinajstić information content (AvgIpc) is 2.56. The van der Waals surface area contributed by atoms with Crippen LogP contribution in [0.25, 0.3) is 0 Å². The molecular formula is C12H17N3O2S2. The lowest BCUT2D eigenvalue weighted by molar-refractivity contribution is 0.474. The van der Waals surface area contributed by atoms with Gasteiger partial charge in [-0.1, -0.05) is 12.1 Å². The third-order valence-corrected chi connectivity index (χ3v) is 5.23. The zero-order valence-electron chi connectivity index (χ0n) is 10.6. The molecule has 0 spiro atoms. The van der Waals surface area contributed by atoms with Crippen LogP contribution in [0, 0.1) is 0 Å². The van der Waals surface area contributed by atoms with E-state index in [0.717, 1.165) is 0 Å². The van der Waals surface area contributed by atoms with Crippen LogP contribution in [0.1, 0.15) is 13.3 Å². The van der Waals surface area contributed by atoms with Crippen molar-refractivity contribution in [3.63, 3.8) is 0 Å². The monoisotopic (exact) mass is 299 g/mol. The van der Waals surface area contributed by atoms with Crippen molar-refractivity contribution >= 4 is 38.5 Å². The summed E-state index contributed by atoms with van der Waals surface area (Å²) in [6.07, 6.45) is 0.557. The molecule has 0 bridgehead atoms. The minimum atomic E-state index is -2.96. The summed E-state index contributed by atoms with van der Waals surface area (Å²) >= 11 is 5.21. The summed E-state index contributed by atoms with van der Waals surface area (Å²) in [5, 5.41) is 6.45. The molecule has 1 saturated heterocycles. The van der Waals surface area contributed by atoms with E-state index >= 15 is 0 Å². The molecule has 1 aromatic rings. The van der Waals surface area contributed by atoms with Crippen molar-refractivity contribution in [2.24, 2.45) is 0 Å². The number of anilines is 2. The first-order valence-corrected chi connectivity index (χ1v) is 8.17. The minimum absolute atomic E-state index is 0.103. The molecule has 1 aliphatic heterocycles. The number of rotatable bonds is 2. The molecule has 19 heavy (non-hydrogen) atoms. The summed E-state index contributed by atoms with van der Waals surface area (Å²) in [6, 6.07) is 7.27. The number of hydrogen-bond acceptors (Lipinski definition) is 4. The van der Waals surface area contributed by atoms with Gasteiger partial charge in [0.25, 0.3) is 0 Å². The predicted octanol–water partition coefficient (Wildman–Crippen LogP) is 1.13. The van der Waals surface area contributed by atoms with Crippen molar-refractivity contribution in [1.82, 2.24) is 5.32 Å². The topological polar surface area (TPSA) is 84.2 Å². The van der Waals surface area contributed by atoms with Gasteiger partial charge in [0.15, 0.2) is 14.9 Å². The van der Waals surface area contributed by atoms with E-state index in [4.69, 9.17) is 18.0 Å². The van der Waals surface area contributed by atoms with Gasteiger partial charge in [-0.2, -0.15) is 0 Å². The summed E-state index contributed by atoms with van der Waals surface area (Å²) in [4.78, 5) is 0. The Hall–Kier alpha value is -1.34. The van der Waals surface area contributed by atoms with Crippen LogP contribution in [0.3, 0.4) is 0 Å². The first-order valence-electron chi connectivity index (χ1n) is 5.94. The molecule has 1 atom stereocenters. The van der Waals surface area contributed by atoms with Crippen molar-refractivity contribution < 1.29 is 8.42 Å². The number of thiocarbonyl (C=S) groups is 1. The van der Waals surface area contributed by atoms with Gasteiger partial charge < -0.3 is 16.4 Å². The Kier molecular flexibility index (Phi) is 3.69. The van der Waals surface area contributed by atoms with E-state index in [9.17, 15) is 8.42 Å². The van der Waals surface area contributed by atoms with Crippen molar-refractivity contribution in [3.05, 3.63) is 24.3 Å². The summed E-state index contributed by atoms with van der Waals surface area (Å²) in [7, 11) is -2.96. The maximum atomic E-state index is 11.5. The van der Waals surface area contributed by atoms with Gasteiger partial charge in [0.05, 0.1) is 28.4 Å². The van der Waals surface area contributed by atoms with Gasteiger partial charge in [-0.15, -0.1) is 0 Å². The van der Waals surface area contributed by atoms with Crippen molar-refractivity contribution in [3.8, 4) is 0 Å². The largest absolute Gasteiger partial charge is 0.397 e. The maximum absolute atomic E-state index is 11.5. The molecule has 1 aromatic carbocycles. The number of sulfone groups is 1. The fraction of sp³-hybridized carbons (Fsp3) is 0.417. The van der Waals surface area contributed by atoms with Gasteiger partial charge in [-0.25, -0.2) is 8.42 Å². The summed E-state index contributed by atoms with van der Waals surface area (Å²) in [6.45, 7) is 1.86. The molecule has 0 aromatic heterocycles. The highest BCUT2D eigenvalue weighted by Gasteiger charge is 2.38. The minimum Gasteiger partial charge on any atom is -0.397 e. The van der Waals surface area contributed by atoms with E-state index < -0.39 is 15.4 Å². The first-order chi connectivity index (χ1) is 8.80. The normalized spacial score (nSPS) is 24.9. The third-order valence-electron chi connectivity index (χ3n) is 3.13. The zero-order chi connectivity index (χ0) is 14.1. The van der Waals surface area contributed by atoms with Gasteiger partial charge in [-0.3, -0.25) is 0 Å². The van der Waals surface area contributed by atoms with E-state index in [-0.39, 0.29) is 11.5 Å². The Morgan fingerprint density at radius 3 is 2.68 bits per heavy atom. The molecule has 1 aliphatic rings. The number of para-hydroxylation sites is 2. The summed E-state index contributed by atoms with van der Waals surface area (Å²) < 4.78 is 23.0. The highest BCUT2D eigenvalue weighted by molar-refractivity contribution is 7.91. The van der Waals surface area contributed by atoms with Crippen LogP contribution in [0.15, 0.2) is 24.3 Å². The van der Waals surface area contributed by atoms with Crippen LogP contribution in [0.2, 0.25) is 0 Å². The van der Waals surface area contributed by atoms with Crippen molar-refractivity contribution in [2.75, 3.05) is 22.6 Å². The molecule has 0 amide bonds. The number of nitrogens with one attached hydrogen (secondary N) is 2. The van der Waals surface area contributed by atoms with Crippen molar-refractivity contribution in [2.45, 2.75) is 18.9 Å². The molecular weight excluding hydrogens is 282 g/mol. The van der Waals surface area contributed by atoms with Crippen LogP contribution >= 0.6 is 12.2 Å². The molecule has 1 heterocycles. The van der Waals surface area contributed by atoms with Crippen LogP contribution in [-0.4, -0.2) is 30.6 Å². The van der Waals surface area contributed by atoms with Crippen LogP contribution < -0.4 is 16.4 Å². The quantitative estimate of drug-likeness (QED) is 0.561. The SMILES string of the molecule is CC1(NC(=S)Nc2ccccc2N)CCS(=O)(=O)C1. The zero-order valence-corrected chi connectivity index (χ0v) is 12.3. The Labute approximate surface area is 118 Å². The maximum Gasteiger partial charge on any atom is 0.171 e. The van der Waals surface area contributed by atoms with Crippen LogP contribution in [0.5, 0.6) is 0 Å². The lowest BCUT2D eigenvalue weighted by Gasteiger charge is -2.26. The second kappa shape index (κ2) is 4.97. The molecule has 7 heteroatoms. The Morgan fingerprint density at radius 1 is 1.42 bits per heavy atom. The molecule has 5 nitrogen and oxygen atoms in total. The Morgan fingerprint density at radius 2 is 2.11 bits per heavy atom. The van der Waals surface area contributed by atoms with E-state index in [2.05, 4.69) is 10.6 Å². The second-order valence-electron chi connectivity index (χ2n) is 5.07. The molecule has 4 N–H and O–H groups in total. The fourth-order valence-electron chi connectivity index (χ4n) is 2.15. The summed E-state index contributed by atoms with van der Waals surface area (Å²) in [5.41, 5.74) is 6.61. The molecule has 0 radical (unpaired) electrons. The van der Waals surface area contributed by atoms with Gasteiger partial charge in [0, 0.05) is 0 Å². The molecule has 104 valence electrons. The molecule has 2 rings (SSSR count). The molecule has 1 fully saturated rings. The smallest absolute Gasteiger partial charge is 0.171 e. The molecule has 0 aliphatic carbocycles. The highest BCUT2D eigenvalue weighted by atomic mass is 32.2. The number of benzene rings is 1. The highest BCUT2D eigenvalue weighted by Crippen LogP contribution is 2.23. The van der Waals surface area contributed by atoms with Crippen molar-refractivity contribution in [1.29, 1.82) is 0 Å². The second-order valence-corrected chi connectivity index (χ2v) is 7.66. The lowest BCUT2D eigenvalue weighted by Crippen LogP contribution is -2.48. The Balaban J connectivity index is 2.01. The van der Waals surface area contributed by atoms with E-state index in [0.29, 0.717) is 22.9 Å². The fourth-order valence-corrected chi connectivity index (χ4v) is 4.60. The molecule has 0 saturated carbocycles. The first kappa shape index (κ1) is 14.1. The number of nitrogen functional groups attached to an aromatic ring is 1. The van der Waals surface area contributed by atoms with Crippen LogP contribution in [0.4, 0.5) is 11.4 Å². The average molecular weight is 299 g/mol.